The highest BCUT2D eigenvalue weighted by Crippen LogP contribution is 2.50. The number of amides is 1. The molecule has 0 radical (unpaired) electrons. The van der Waals surface area contributed by atoms with E-state index >= 15 is 9.59 Å². The first-order chi connectivity index (χ1) is 31.6. The van der Waals surface area contributed by atoms with Crippen LogP contribution in [0.25, 0.3) is 5.57 Å². The zero-order valence-electron chi connectivity index (χ0n) is 45.3. The molecular weight excluding hydrogens is 831 g/mol. The van der Waals surface area contributed by atoms with Crippen molar-refractivity contribution in [3.63, 3.8) is 0 Å². The lowest BCUT2D eigenvalue weighted by Crippen LogP contribution is -2.49. The third kappa shape index (κ3) is 14.3. The van der Waals surface area contributed by atoms with Crippen LogP contribution in [0.15, 0.2) is 28.8 Å². The summed E-state index contributed by atoms with van der Waals surface area (Å²) in [4.78, 5) is 45.0. The molecule has 374 valence electrons. The van der Waals surface area contributed by atoms with Gasteiger partial charge < -0.3 is 14.5 Å². The molecule has 0 bridgehead atoms. The SMILES string of the molecule is CCCCC(CC)CN(CC(CC)CCCC)c1ccc(N=C2C(C#N)=C(C(=O)OC3C(C(C)(C)C)CC(C)CC3C(C)(C)C)c3nc(C(C)(C)C)nn32)c(C(=O)N(CCCC)CCCC)c1. The lowest BCUT2D eigenvalue weighted by atomic mass is 9.59. The quantitative estimate of drug-likeness (QED) is 0.102. The molecule has 67 heavy (non-hydrogen) atoms. The van der Waals surface area contributed by atoms with Crippen LogP contribution >= 0.6 is 0 Å². The van der Waals surface area contributed by atoms with Gasteiger partial charge in [-0.15, -0.1) is 5.10 Å². The number of allylic oxidation sites excluding steroid dienone is 1. The van der Waals surface area contributed by atoms with Crippen LogP contribution in [-0.4, -0.2) is 69.7 Å². The number of ether oxygens (including phenoxy) is 1. The predicted molar refractivity (Wildman–Crippen MR) is 279 cm³/mol. The Hall–Kier alpha value is -4.00. The van der Waals surface area contributed by atoms with Crippen LogP contribution in [-0.2, 0) is 14.9 Å². The van der Waals surface area contributed by atoms with Gasteiger partial charge in [0.15, 0.2) is 17.5 Å². The van der Waals surface area contributed by atoms with E-state index < -0.39 is 11.4 Å². The van der Waals surface area contributed by atoms with Gasteiger partial charge in [0.2, 0.25) is 0 Å². The van der Waals surface area contributed by atoms with E-state index in [9.17, 15) is 5.26 Å². The molecule has 4 atom stereocenters. The smallest absolute Gasteiger partial charge is 0.343 e. The summed E-state index contributed by atoms with van der Waals surface area (Å²) >= 11 is 0. The van der Waals surface area contributed by atoms with Crippen molar-refractivity contribution in [3.8, 4) is 6.07 Å². The molecule has 1 saturated carbocycles. The van der Waals surface area contributed by atoms with E-state index in [0.29, 0.717) is 47.9 Å². The fourth-order valence-corrected chi connectivity index (χ4v) is 10.3. The van der Waals surface area contributed by atoms with Crippen LogP contribution < -0.4 is 4.90 Å². The number of carbonyl (C=O) groups is 2. The first-order valence-electron chi connectivity index (χ1n) is 26.7. The van der Waals surface area contributed by atoms with Gasteiger partial charge in [-0.2, -0.15) is 9.94 Å². The second-order valence-corrected chi connectivity index (χ2v) is 23.5. The topological polar surface area (TPSA) is 117 Å². The van der Waals surface area contributed by atoms with Gasteiger partial charge in [-0.3, -0.25) is 4.79 Å². The molecular formula is C57H93N7O3. The number of anilines is 1. The standard InChI is InChI=1S/C57H93N7O3/c1-17-23-27-40(21-5)37-63(38-41(22-6)28-24-18-2)42-29-30-47(43(35-42)52(65)62(31-25-19-3)32-26-20-4)59-50-44(36-58)48(51-60-54(57(14,15)16)61-64(50)51)53(66)67-49-45(55(8,9)10)33-39(7)34-46(49)56(11,12)13/h29-30,35,39-41,45-46,49H,17-28,31-34,37-38H2,1-16H3. The second kappa shape index (κ2) is 24.5. The minimum atomic E-state index is -0.575. The van der Waals surface area contributed by atoms with Gasteiger partial charge in [-0.25, -0.2) is 14.8 Å². The number of rotatable bonds is 23. The second-order valence-electron chi connectivity index (χ2n) is 23.5. The van der Waals surface area contributed by atoms with Gasteiger partial charge in [0.1, 0.15) is 23.3 Å². The van der Waals surface area contributed by atoms with Crippen molar-refractivity contribution in [3.05, 3.63) is 41.0 Å². The number of hydrogen-bond acceptors (Lipinski definition) is 8. The van der Waals surface area contributed by atoms with Gasteiger partial charge in [0, 0.05) is 49.1 Å². The molecule has 1 aliphatic heterocycles. The summed E-state index contributed by atoms with van der Waals surface area (Å²) in [6.07, 6.45) is 14.5. The van der Waals surface area contributed by atoms with Crippen molar-refractivity contribution in [2.75, 3.05) is 31.1 Å². The molecule has 4 rings (SSSR count). The molecule has 10 nitrogen and oxygen atoms in total. The Morgan fingerprint density at radius 1 is 0.821 bits per heavy atom. The van der Waals surface area contributed by atoms with Crippen molar-refractivity contribution in [2.24, 2.45) is 45.4 Å². The Kier molecular flexibility index (Phi) is 20.3. The minimum Gasteiger partial charge on any atom is -0.458 e. The van der Waals surface area contributed by atoms with Crippen molar-refractivity contribution < 1.29 is 14.3 Å². The summed E-state index contributed by atoms with van der Waals surface area (Å²) in [6, 6.07) is 8.51. The zero-order valence-corrected chi connectivity index (χ0v) is 45.3. The highest BCUT2D eigenvalue weighted by molar-refractivity contribution is 6.30. The molecule has 1 amide bonds. The first kappa shape index (κ1) is 55.6. The molecule has 4 unspecified atom stereocenters. The van der Waals surface area contributed by atoms with E-state index in [1.807, 2.05) is 31.7 Å². The van der Waals surface area contributed by atoms with Crippen molar-refractivity contribution in [1.82, 2.24) is 19.7 Å². The molecule has 2 aliphatic rings. The van der Waals surface area contributed by atoms with E-state index in [-0.39, 0.29) is 57.5 Å². The monoisotopic (exact) mass is 924 g/mol. The number of nitriles is 1. The maximum absolute atomic E-state index is 15.2. The minimum absolute atomic E-state index is 0.0607. The lowest BCUT2D eigenvalue weighted by molar-refractivity contribution is -0.162. The van der Waals surface area contributed by atoms with Crippen LogP contribution in [0.4, 0.5) is 11.4 Å². The molecule has 2 heterocycles. The average molecular weight is 924 g/mol. The molecule has 1 aromatic carbocycles. The number of aromatic nitrogens is 3. The summed E-state index contributed by atoms with van der Waals surface area (Å²) in [5, 5.41) is 16.1. The summed E-state index contributed by atoms with van der Waals surface area (Å²) in [5.41, 5.74) is 1.40. The molecule has 0 saturated heterocycles. The molecule has 1 fully saturated rings. The number of fused-ring (bicyclic) bond motifs is 1. The first-order valence-corrected chi connectivity index (χ1v) is 26.7. The van der Waals surface area contributed by atoms with Crippen molar-refractivity contribution in [2.45, 2.75) is 212 Å². The summed E-state index contributed by atoms with van der Waals surface area (Å²) < 4.78 is 8.33. The van der Waals surface area contributed by atoms with Gasteiger partial charge in [0.25, 0.3) is 5.91 Å². The van der Waals surface area contributed by atoms with Crippen LogP contribution in [0.1, 0.15) is 223 Å². The Labute approximate surface area is 408 Å². The van der Waals surface area contributed by atoms with Crippen LogP contribution in [0.2, 0.25) is 0 Å². The molecule has 0 N–H and O–H groups in total. The van der Waals surface area contributed by atoms with E-state index in [4.69, 9.17) is 19.8 Å². The number of benzene rings is 1. The number of carbonyl (C=O) groups excluding carboxylic acids is 2. The van der Waals surface area contributed by atoms with Gasteiger partial charge in [0.05, 0.1) is 11.3 Å². The maximum atomic E-state index is 15.2. The summed E-state index contributed by atoms with van der Waals surface area (Å²) in [5.74, 6) is 2.10. The van der Waals surface area contributed by atoms with Crippen molar-refractivity contribution >= 4 is 34.7 Å². The Morgan fingerprint density at radius 2 is 1.34 bits per heavy atom. The lowest BCUT2D eigenvalue weighted by Gasteiger charge is -2.50. The van der Waals surface area contributed by atoms with E-state index in [0.717, 1.165) is 70.1 Å². The third-order valence-electron chi connectivity index (χ3n) is 14.8. The van der Waals surface area contributed by atoms with Crippen molar-refractivity contribution in [1.29, 1.82) is 5.26 Å². The van der Waals surface area contributed by atoms with Crippen LogP contribution in [0, 0.1) is 51.8 Å². The van der Waals surface area contributed by atoms with Gasteiger partial charge in [-0.1, -0.05) is 162 Å². The average Bonchev–Trinajstić information content (AvgIpc) is 3.83. The molecule has 2 aromatic rings. The molecule has 1 aromatic heterocycles. The van der Waals surface area contributed by atoms with Crippen LogP contribution in [0.3, 0.4) is 0 Å². The van der Waals surface area contributed by atoms with Gasteiger partial charge in [-0.05, 0) is 85.3 Å². The van der Waals surface area contributed by atoms with Crippen LogP contribution in [0.5, 0.6) is 0 Å². The van der Waals surface area contributed by atoms with Gasteiger partial charge >= 0.3 is 5.97 Å². The predicted octanol–water partition coefficient (Wildman–Crippen LogP) is 14.4. The molecule has 1 aliphatic carbocycles. The van der Waals surface area contributed by atoms with E-state index in [1.165, 1.54) is 38.5 Å². The zero-order chi connectivity index (χ0) is 49.9. The Morgan fingerprint density at radius 3 is 1.79 bits per heavy atom. The summed E-state index contributed by atoms with van der Waals surface area (Å²) in [7, 11) is 0. The highest BCUT2D eigenvalue weighted by Gasteiger charge is 2.49. The van der Waals surface area contributed by atoms with E-state index in [2.05, 4.69) is 113 Å². The summed E-state index contributed by atoms with van der Waals surface area (Å²) in [6.45, 7) is 38.4. The fourth-order valence-electron chi connectivity index (χ4n) is 10.3. The number of unbranched alkanes of at least 4 members (excludes halogenated alkanes) is 4. The Balaban J connectivity index is 2.00. The molecule has 0 spiro atoms. The Bertz CT molecular complexity index is 1990. The fraction of sp³-hybridized carbons (Fsp3) is 0.754. The van der Waals surface area contributed by atoms with E-state index in [1.54, 1.807) is 4.68 Å². The number of aliphatic imine (C=N–C) groups is 1. The highest BCUT2D eigenvalue weighted by atomic mass is 16.5. The number of nitrogens with zero attached hydrogens (tertiary/aromatic N) is 7. The maximum Gasteiger partial charge on any atom is 0.343 e. The number of hydrogen-bond donors (Lipinski definition) is 0. The normalized spacial score (nSPS) is 20.4. The molecule has 10 heteroatoms. The third-order valence-corrected chi connectivity index (χ3v) is 14.8. The number of esters is 1. The largest absolute Gasteiger partial charge is 0.458 e.